The largest absolute Gasteiger partial charge is 0.481 e. The Morgan fingerprint density at radius 3 is 3.18 bits per heavy atom. The zero-order valence-electron chi connectivity index (χ0n) is 9.84. The van der Waals surface area contributed by atoms with Crippen LogP contribution in [0.5, 0.6) is 0 Å². The Morgan fingerprint density at radius 1 is 1.59 bits per heavy atom. The van der Waals surface area contributed by atoms with E-state index in [1.807, 2.05) is 6.07 Å². The number of aliphatic carboxylic acids is 1. The zero-order valence-corrected chi connectivity index (χ0v) is 9.84. The fraction of sp³-hybridized carbons (Fsp3) is 0.667. The molecule has 1 unspecified atom stereocenters. The van der Waals surface area contributed by atoms with Gasteiger partial charge in [0, 0.05) is 18.5 Å². The maximum atomic E-state index is 10.6. The molecule has 1 fully saturated rings. The van der Waals surface area contributed by atoms with E-state index in [1.165, 1.54) is 12.8 Å². The third-order valence-corrected chi connectivity index (χ3v) is 3.29. The van der Waals surface area contributed by atoms with Crippen LogP contribution < -0.4 is 0 Å². The van der Waals surface area contributed by atoms with Crippen molar-refractivity contribution >= 4 is 5.97 Å². The van der Waals surface area contributed by atoms with Crippen molar-refractivity contribution in [3.63, 3.8) is 0 Å². The number of rotatable bonds is 5. The molecule has 94 valence electrons. The number of aromatic nitrogens is 1. The highest BCUT2D eigenvalue weighted by molar-refractivity contribution is 5.66. The zero-order chi connectivity index (χ0) is 12.1. The van der Waals surface area contributed by atoms with Gasteiger partial charge in [-0.2, -0.15) is 0 Å². The molecule has 2 heterocycles. The third-order valence-electron chi connectivity index (χ3n) is 3.29. The summed E-state index contributed by atoms with van der Waals surface area (Å²) >= 11 is 0. The summed E-state index contributed by atoms with van der Waals surface area (Å²) < 4.78 is 5.10. The molecule has 1 aromatic heterocycles. The second kappa shape index (κ2) is 5.82. The Balaban J connectivity index is 1.89. The summed E-state index contributed by atoms with van der Waals surface area (Å²) in [6.45, 7) is 1.76. The first kappa shape index (κ1) is 12.1. The summed E-state index contributed by atoms with van der Waals surface area (Å²) in [7, 11) is 0. The molecule has 0 aliphatic carbocycles. The van der Waals surface area contributed by atoms with Crippen LogP contribution in [-0.2, 0) is 11.3 Å². The molecule has 0 saturated carbocycles. The maximum absolute atomic E-state index is 10.6. The molecule has 0 bridgehead atoms. The predicted molar refractivity (Wildman–Crippen MR) is 61.4 cm³/mol. The minimum atomic E-state index is -0.713. The molecule has 0 spiro atoms. The molecule has 1 aliphatic rings. The van der Waals surface area contributed by atoms with Gasteiger partial charge in [-0.3, -0.25) is 9.69 Å². The van der Waals surface area contributed by atoms with E-state index in [1.54, 1.807) is 6.20 Å². The first-order valence-corrected chi connectivity index (χ1v) is 6.11. The van der Waals surface area contributed by atoms with Crippen LogP contribution in [0.2, 0.25) is 0 Å². The Labute approximate surface area is 100 Å². The van der Waals surface area contributed by atoms with Crippen LogP contribution in [0.25, 0.3) is 0 Å². The SMILES string of the molecule is O=C(O)CCC1CCCCN1Cc1ccno1. The van der Waals surface area contributed by atoms with Crippen LogP contribution in [0.3, 0.4) is 0 Å². The topological polar surface area (TPSA) is 66.6 Å². The van der Waals surface area contributed by atoms with E-state index in [9.17, 15) is 4.79 Å². The molecular weight excluding hydrogens is 220 g/mol. The van der Waals surface area contributed by atoms with Gasteiger partial charge in [0.25, 0.3) is 0 Å². The summed E-state index contributed by atoms with van der Waals surface area (Å²) in [6, 6.07) is 2.23. The standard InChI is InChI=1S/C12H18N2O3/c15-12(16)5-4-10-3-1-2-8-14(10)9-11-6-7-13-17-11/h6-7,10H,1-5,8-9H2,(H,15,16). The number of carboxylic acid groups (broad SMARTS) is 1. The van der Waals surface area contributed by atoms with E-state index in [4.69, 9.17) is 9.63 Å². The number of likely N-dealkylation sites (tertiary alicyclic amines) is 1. The number of carbonyl (C=O) groups is 1. The molecule has 1 aliphatic heterocycles. The van der Waals surface area contributed by atoms with Gasteiger partial charge in [0.15, 0.2) is 5.76 Å². The van der Waals surface area contributed by atoms with Gasteiger partial charge in [0.1, 0.15) is 0 Å². The minimum absolute atomic E-state index is 0.248. The van der Waals surface area contributed by atoms with Gasteiger partial charge in [-0.15, -0.1) is 0 Å². The second-order valence-electron chi connectivity index (χ2n) is 4.53. The van der Waals surface area contributed by atoms with Gasteiger partial charge in [-0.1, -0.05) is 11.6 Å². The van der Waals surface area contributed by atoms with Crippen molar-refractivity contribution in [2.75, 3.05) is 6.54 Å². The smallest absolute Gasteiger partial charge is 0.303 e. The van der Waals surface area contributed by atoms with Crippen LogP contribution in [0.1, 0.15) is 37.9 Å². The molecular formula is C12H18N2O3. The molecule has 2 rings (SSSR count). The number of hydrogen-bond acceptors (Lipinski definition) is 4. The lowest BCUT2D eigenvalue weighted by molar-refractivity contribution is -0.137. The van der Waals surface area contributed by atoms with Crippen LogP contribution in [0.15, 0.2) is 16.8 Å². The molecule has 0 radical (unpaired) electrons. The van der Waals surface area contributed by atoms with E-state index in [-0.39, 0.29) is 6.42 Å². The van der Waals surface area contributed by atoms with E-state index >= 15 is 0 Å². The minimum Gasteiger partial charge on any atom is -0.481 e. The van der Waals surface area contributed by atoms with Crippen molar-refractivity contribution < 1.29 is 14.4 Å². The Morgan fingerprint density at radius 2 is 2.47 bits per heavy atom. The summed E-state index contributed by atoms with van der Waals surface area (Å²) in [5.74, 6) is 0.141. The number of carboxylic acids is 1. The summed E-state index contributed by atoms with van der Waals surface area (Å²) in [5, 5.41) is 12.4. The monoisotopic (exact) mass is 238 g/mol. The highest BCUT2D eigenvalue weighted by Crippen LogP contribution is 2.22. The molecule has 0 aromatic carbocycles. The van der Waals surface area contributed by atoms with Crippen LogP contribution in [0, 0.1) is 0 Å². The van der Waals surface area contributed by atoms with Crippen LogP contribution >= 0.6 is 0 Å². The lowest BCUT2D eigenvalue weighted by Gasteiger charge is -2.34. The quantitative estimate of drug-likeness (QED) is 0.848. The van der Waals surface area contributed by atoms with Crippen molar-refractivity contribution in [2.45, 2.75) is 44.7 Å². The van der Waals surface area contributed by atoms with E-state index in [2.05, 4.69) is 10.1 Å². The van der Waals surface area contributed by atoms with E-state index in [0.717, 1.165) is 31.7 Å². The Bertz CT molecular complexity index is 351. The van der Waals surface area contributed by atoms with E-state index < -0.39 is 5.97 Å². The maximum Gasteiger partial charge on any atom is 0.303 e. The average molecular weight is 238 g/mol. The molecule has 1 saturated heterocycles. The first-order chi connectivity index (χ1) is 8.25. The van der Waals surface area contributed by atoms with Crippen molar-refractivity contribution in [3.8, 4) is 0 Å². The fourth-order valence-corrected chi connectivity index (χ4v) is 2.41. The molecule has 1 atom stereocenters. The Hall–Kier alpha value is -1.36. The summed E-state index contributed by atoms with van der Waals surface area (Å²) in [5.41, 5.74) is 0. The van der Waals surface area contributed by atoms with Crippen molar-refractivity contribution in [3.05, 3.63) is 18.0 Å². The van der Waals surface area contributed by atoms with Gasteiger partial charge in [-0.05, 0) is 25.8 Å². The molecule has 17 heavy (non-hydrogen) atoms. The molecule has 0 amide bonds. The number of hydrogen-bond donors (Lipinski definition) is 1. The van der Waals surface area contributed by atoms with Gasteiger partial charge in [0.05, 0.1) is 12.7 Å². The van der Waals surface area contributed by atoms with Gasteiger partial charge < -0.3 is 9.63 Å². The predicted octanol–water partition coefficient (Wildman–Crippen LogP) is 1.89. The average Bonchev–Trinajstić information content (AvgIpc) is 2.80. The lowest BCUT2D eigenvalue weighted by Crippen LogP contribution is -2.39. The van der Waals surface area contributed by atoms with Crippen molar-refractivity contribution in [1.29, 1.82) is 0 Å². The Kier molecular flexibility index (Phi) is 4.14. The van der Waals surface area contributed by atoms with Gasteiger partial charge >= 0.3 is 5.97 Å². The summed E-state index contributed by atoms with van der Waals surface area (Å²) in [6.07, 6.45) is 6.07. The highest BCUT2D eigenvalue weighted by Gasteiger charge is 2.23. The van der Waals surface area contributed by atoms with Crippen LogP contribution in [0.4, 0.5) is 0 Å². The molecule has 5 nitrogen and oxygen atoms in total. The van der Waals surface area contributed by atoms with Gasteiger partial charge in [-0.25, -0.2) is 0 Å². The van der Waals surface area contributed by atoms with Gasteiger partial charge in [0.2, 0.25) is 0 Å². The second-order valence-corrected chi connectivity index (χ2v) is 4.53. The van der Waals surface area contributed by atoms with Crippen molar-refractivity contribution in [2.24, 2.45) is 0 Å². The molecule has 5 heteroatoms. The van der Waals surface area contributed by atoms with Crippen LogP contribution in [-0.4, -0.2) is 33.7 Å². The normalized spacial score (nSPS) is 21.5. The first-order valence-electron chi connectivity index (χ1n) is 6.11. The van der Waals surface area contributed by atoms with E-state index in [0.29, 0.717) is 6.04 Å². The fourth-order valence-electron chi connectivity index (χ4n) is 2.41. The summed E-state index contributed by atoms with van der Waals surface area (Å²) in [4.78, 5) is 12.9. The highest BCUT2D eigenvalue weighted by atomic mass is 16.5. The molecule has 1 N–H and O–H groups in total. The molecule has 1 aromatic rings. The number of piperidine rings is 1. The number of nitrogens with zero attached hydrogens (tertiary/aromatic N) is 2. The lowest BCUT2D eigenvalue weighted by atomic mass is 9.98. The third kappa shape index (κ3) is 3.56. The van der Waals surface area contributed by atoms with Crippen molar-refractivity contribution in [1.82, 2.24) is 10.1 Å².